The van der Waals surface area contributed by atoms with Crippen molar-refractivity contribution in [3.63, 3.8) is 0 Å². The maximum atomic E-state index is 11.2. The average Bonchev–Trinajstić information content (AvgIpc) is 2.43. The number of quaternary nitrogens is 1. The fourth-order valence-corrected chi connectivity index (χ4v) is 2.42. The van der Waals surface area contributed by atoms with Crippen molar-refractivity contribution >= 4 is 16.4 Å². The highest BCUT2D eigenvalue weighted by Gasteiger charge is 2.16. The average molecular weight is 354 g/mol. The molecule has 1 N–H and O–H groups in total. The molecule has 7 nitrogen and oxygen atoms in total. The molecule has 0 aromatic heterocycles. The van der Waals surface area contributed by atoms with E-state index in [-0.39, 0.29) is 6.61 Å². The van der Waals surface area contributed by atoms with Gasteiger partial charge in [-0.1, -0.05) is 39.0 Å². The Bertz CT molecular complexity index is 422. The van der Waals surface area contributed by atoms with Crippen LogP contribution in [0.4, 0.5) is 0 Å². The van der Waals surface area contributed by atoms with Crippen LogP contribution in [0.3, 0.4) is 0 Å². The van der Waals surface area contributed by atoms with Crippen LogP contribution in [0.25, 0.3) is 0 Å². The van der Waals surface area contributed by atoms with Gasteiger partial charge in [0.25, 0.3) is 0 Å². The molecule has 0 spiro atoms. The lowest BCUT2D eigenvalue weighted by Crippen LogP contribution is -2.43. The number of nitrogens with zero attached hydrogens (tertiary/aromatic N) is 1. The van der Waals surface area contributed by atoms with Crippen molar-refractivity contribution in [2.45, 2.75) is 51.9 Å². The van der Waals surface area contributed by atoms with Gasteiger partial charge in [-0.15, -0.1) is 0 Å². The van der Waals surface area contributed by atoms with Crippen molar-refractivity contribution in [1.82, 2.24) is 0 Å². The Hall–Kier alpha value is -0.700. The summed E-state index contributed by atoms with van der Waals surface area (Å²) in [5, 5.41) is 0. The van der Waals surface area contributed by atoms with E-state index in [1.807, 2.05) is 0 Å². The van der Waals surface area contributed by atoms with E-state index in [0.29, 0.717) is 6.54 Å². The van der Waals surface area contributed by atoms with Gasteiger partial charge in [0.1, 0.15) is 13.2 Å². The van der Waals surface area contributed by atoms with Gasteiger partial charge < -0.3 is 9.22 Å². The summed E-state index contributed by atoms with van der Waals surface area (Å²) in [5.74, 6) is -0.807. The third-order valence-electron chi connectivity index (χ3n) is 3.65. The van der Waals surface area contributed by atoms with Gasteiger partial charge in [0.05, 0.1) is 20.6 Å². The van der Waals surface area contributed by atoms with Crippen LogP contribution in [0.5, 0.6) is 0 Å². The van der Waals surface area contributed by atoms with Crippen LogP contribution in [0.15, 0.2) is 0 Å². The molecule has 138 valence electrons. The summed E-state index contributed by atoms with van der Waals surface area (Å²) in [4.78, 5) is 11.2. The first kappa shape index (κ1) is 22.3. The Morgan fingerprint density at radius 2 is 1.57 bits per heavy atom. The highest BCUT2D eigenvalue weighted by atomic mass is 32.3. The zero-order valence-electron chi connectivity index (χ0n) is 14.6. The lowest BCUT2D eigenvalue weighted by Gasteiger charge is -2.29. The van der Waals surface area contributed by atoms with E-state index in [9.17, 15) is 13.2 Å². The minimum Gasteiger partial charge on any atom is -0.458 e. The molecular weight excluding hydrogens is 322 g/mol. The summed E-state index contributed by atoms with van der Waals surface area (Å²) >= 11 is 0. The van der Waals surface area contributed by atoms with Crippen LogP contribution in [0.2, 0.25) is 0 Å². The highest BCUT2D eigenvalue weighted by Crippen LogP contribution is 2.09. The number of carbonyl (C=O) groups excluding carboxylic acids is 1. The highest BCUT2D eigenvalue weighted by molar-refractivity contribution is 7.80. The van der Waals surface area contributed by atoms with E-state index in [1.54, 1.807) is 0 Å². The van der Waals surface area contributed by atoms with Crippen LogP contribution in [0, 0.1) is 0 Å². The molecule has 0 amide bonds. The van der Waals surface area contributed by atoms with E-state index in [0.717, 1.165) is 17.4 Å². The summed E-state index contributed by atoms with van der Waals surface area (Å²) in [6.45, 7) is 3.25. The van der Waals surface area contributed by atoms with Gasteiger partial charge in [-0.2, -0.15) is 8.42 Å². The fraction of sp³-hybridized carbons (Fsp3) is 0.933. The molecule has 0 fully saturated rings. The Kier molecular flexibility index (Phi) is 11.4. The number of hydrogen-bond acceptors (Lipinski definition) is 5. The van der Waals surface area contributed by atoms with Crippen molar-refractivity contribution in [1.29, 1.82) is 0 Å². The summed E-state index contributed by atoms with van der Waals surface area (Å²) < 4.78 is 38.6. The summed E-state index contributed by atoms with van der Waals surface area (Å²) in [6.07, 6.45) is 8.81. The van der Waals surface area contributed by atoms with Gasteiger partial charge in [-0.3, -0.25) is 4.55 Å². The minimum atomic E-state index is -4.60. The number of carbonyl (C=O) groups is 1. The molecule has 0 radical (unpaired) electrons. The first-order chi connectivity index (χ1) is 10.7. The molecule has 0 aliphatic heterocycles. The van der Waals surface area contributed by atoms with Crippen LogP contribution in [0.1, 0.15) is 51.9 Å². The van der Waals surface area contributed by atoms with Gasteiger partial charge >= 0.3 is 16.4 Å². The van der Waals surface area contributed by atoms with Gasteiger partial charge in [-0.25, -0.2) is 8.98 Å². The lowest BCUT2D eigenvalue weighted by atomic mass is 10.1. The minimum absolute atomic E-state index is 0.192. The van der Waals surface area contributed by atoms with Crippen molar-refractivity contribution in [2.75, 3.05) is 40.4 Å². The summed E-state index contributed by atoms with van der Waals surface area (Å²) in [5.41, 5.74) is 0. The van der Waals surface area contributed by atoms with Crippen LogP contribution in [-0.2, 0) is 24.1 Å². The topological polar surface area (TPSA) is 89.9 Å². The van der Waals surface area contributed by atoms with E-state index >= 15 is 0 Å². The molecule has 0 unspecified atom stereocenters. The standard InChI is InChI=1S/C15H31NO6S/c1-4-5-6-7-8-9-10-11-16(2,3)12-13-21-15(17)14-22-23(18,19)20/h4-14H2,1-3H3/p+1. The predicted octanol–water partition coefficient (Wildman–Crippen LogP) is 2.18. The van der Waals surface area contributed by atoms with E-state index in [4.69, 9.17) is 9.29 Å². The molecule has 0 aliphatic carbocycles. The van der Waals surface area contributed by atoms with E-state index in [1.165, 1.54) is 38.5 Å². The number of esters is 1. The Balaban J connectivity index is 3.69. The third-order valence-corrected chi connectivity index (χ3v) is 4.07. The molecule has 0 bridgehead atoms. The normalized spacial score (nSPS) is 12.3. The largest absolute Gasteiger partial charge is 0.458 e. The molecule has 0 aromatic rings. The SMILES string of the molecule is CCCCCCCCC[N+](C)(C)CCOC(=O)COS(=O)(=O)O. The predicted molar refractivity (Wildman–Crippen MR) is 88.3 cm³/mol. The number of likely N-dealkylation sites (N-methyl/N-ethyl adjacent to an activating group) is 1. The van der Waals surface area contributed by atoms with Crippen molar-refractivity contribution in [2.24, 2.45) is 0 Å². The second-order valence-electron chi connectivity index (χ2n) is 6.41. The van der Waals surface area contributed by atoms with Crippen molar-refractivity contribution in [3.05, 3.63) is 0 Å². The lowest BCUT2D eigenvalue weighted by molar-refractivity contribution is -0.890. The Morgan fingerprint density at radius 1 is 1.00 bits per heavy atom. The molecule has 0 rings (SSSR count). The molecule has 23 heavy (non-hydrogen) atoms. The van der Waals surface area contributed by atoms with Gasteiger partial charge in [0.15, 0.2) is 6.61 Å². The number of ether oxygens (including phenoxy) is 1. The molecule has 0 aromatic carbocycles. The second kappa shape index (κ2) is 11.8. The number of unbranched alkanes of at least 4 members (excludes halogenated alkanes) is 6. The summed E-state index contributed by atoms with van der Waals surface area (Å²) in [6, 6.07) is 0. The van der Waals surface area contributed by atoms with Crippen molar-refractivity contribution < 1.29 is 31.2 Å². The molecular formula is C15H32NO6S+. The Morgan fingerprint density at radius 3 is 2.13 bits per heavy atom. The zero-order chi connectivity index (χ0) is 17.8. The smallest absolute Gasteiger partial charge is 0.397 e. The van der Waals surface area contributed by atoms with E-state index in [2.05, 4.69) is 25.2 Å². The van der Waals surface area contributed by atoms with Crippen LogP contribution < -0.4 is 0 Å². The molecule has 0 aliphatic rings. The number of hydrogen-bond donors (Lipinski definition) is 1. The quantitative estimate of drug-likeness (QED) is 0.222. The van der Waals surface area contributed by atoms with Crippen LogP contribution in [-0.4, -0.2) is 63.8 Å². The van der Waals surface area contributed by atoms with Crippen LogP contribution >= 0.6 is 0 Å². The monoisotopic (exact) mass is 354 g/mol. The third kappa shape index (κ3) is 16.0. The fourth-order valence-electron chi connectivity index (χ4n) is 2.18. The second-order valence-corrected chi connectivity index (χ2v) is 7.51. The first-order valence-corrected chi connectivity index (χ1v) is 9.62. The van der Waals surface area contributed by atoms with Gasteiger partial charge in [0, 0.05) is 0 Å². The summed E-state index contributed by atoms with van der Waals surface area (Å²) in [7, 11) is -0.463. The molecule has 0 saturated heterocycles. The molecule has 0 heterocycles. The maximum Gasteiger partial charge on any atom is 0.397 e. The molecule has 0 saturated carbocycles. The first-order valence-electron chi connectivity index (χ1n) is 8.26. The zero-order valence-corrected chi connectivity index (χ0v) is 15.4. The van der Waals surface area contributed by atoms with E-state index < -0.39 is 23.0 Å². The molecule has 8 heteroatoms. The van der Waals surface area contributed by atoms with Crippen molar-refractivity contribution in [3.8, 4) is 0 Å². The number of rotatable bonds is 14. The maximum absolute atomic E-state index is 11.2. The van der Waals surface area contributed by atoms with Gasteiger partial charge in [0.2, 0.25) is 0 Å². The molecule has 0 atom stereocenters. The van der Waals surface area contributed by atoms with Gasteiger partial charge in [-0.05, 0) is 12.8 Å². The Labute approximate surface area is 140 Å².